The van der Waals surface area contributed by atoms with Crippen LogP contribution in [0.2, 0.25) is 0 Å². The highest BCUT2D eigenvalue weighted by Crippen LogP contribution is 2.45. The van der Waals surface area contributed by atoms with Crippen LogP contribution in [0.3, 0.4) is 0 Å². The summed E-state index contributed by atoms with van der Waals surface area (Å²) in [4.78, 5) is 61.7. The van der Waals surface area contributed by atoms with E-state index in [9.17, 15) is 24.1 Å². The van der Waals surface area contributed by atoms with Gasteiger partial charge in [-0.05, 0) is 50.1 Å². The molecule has 0 aliphatic carbocycles. The zero-order chi connectivity index (χ0) is 53.8. The first-order valence-electron chi connectivity index (χ1n) is 26.2. The fourth-order valence-electron chi connectivity index (χ4n) is 7.48. The van der Waals surface area contributed by atoms with Gasteiger partial charge in [0.25, 0.3) is 0 Å². The van der Waals surface area contributed by atoms with E-state index in [1.807, 2.05) is 60.1 Å². The number of fused-ring (bicyclic) bond motifs is 5. The minimum Gasteiger partial charge on any atom is -0.379 e. The molecule has 21 nitrogen and oxygen atoms in total. The van der Waals surface area contributed by atoms with E-state index < -0.39 is 6.72 Å². The molecule has 0 saturated carbocycles. The van der Waals surface area contributed by atoms with Crippen molar-refractivity contribution < 1.29 is 71.0 Å². The van der Waals surface area contributed by atoms with Gasteiger partial charge in [-0.3, -0.25) is 19.2 Å². The second kappa shape index (κ2) is 38.4. The number of hydrogen-bond acceptors (Lipinski definition) is 17. The van der Waals surface area contributed by atoms with Gasteiger partial charge in [-0.15, -0.1) is 5.10 Å². The molecule has 2 heterocycles. The molecular weight excluding hydrogens is 1010 g/mol. The number of nitrogens with zero attached hydrogens (tertiary/aromatic N) is 4. The van der Waals surface area contributed by atoms with Crippen LogP contribution in [-0.2, 0) is 91.0 Å². The van der Waals surface area contributed by atoms with E-state index in [-0.39, 0.29) is 48.9 Å². The summed E-state index contributed by atoms with van der Waals surface area (Å²) in [6, 6.07) is 15.5. The van der Waals surface area contributed by atoms with Gasteiger partial charge in [-0.2, -0.15) is 0 Å². The number of benzene rings is 2. The van der Waals surface area contributed by atoms with Crippen LogP contribution >= 0.6 is 6.72 Å². The molecule has 0 fully saturated rings. The van der Waals surface area contributed by atoms with Gasteiger partial charge in [-0.25, -0.2) is 4.68 Å². The van der Waals surface area contributed by atoms with E-state index in [1.165, 1.54) is 0 Å². The number of hydrogen-bond donors (Lipinski definition) is 3. The summed E-state index contributed by atoms with van der Waals surface area (Å²) < 4.78 is 57.0. The maximum Gasteiger partial charge on any atom is 0.324 e. The molecule has 420 valence electrons. The molecule has 1 aromatic heterocycles. The summed E-state index contributed by atoms with van der Waals surface area (Å²) in [6.45, 7) is 10.5. The molecule has 3 amide bonds. The van der Waals surface area contributed by atoms with Crippen LogP contribution in [0.5, 0.6) is 0 Å². The largest absolute Gasteiger partial charge is 0.379 e. The zero-order valence-corrected chi connectivity index (χ0v) is 45.9. The maximum atomic E-state index is 13.9. The Morgan fingerprint density at radius 1 is 0.627 bits per heavy atom. The Hall–Kier alpha value is -4.13. The van der Waals surface area contributed by atoms with Gasteiger partial charge < -0.3 is 67.4 Å². The van der Waals surface area contributed by atoms with E-state index in [0.29, 0.717) is 163 Å². The topological polar surface area (TPSA) is 239 Å². The molecule has 1 unspecified atom stereocenters. The summed E-state index contributed by atoms with van der Waals surface area (Å²) in [5, 5.41) is 14.9. The van der Waals surface area contributed by atoms with Gasteiger partial charge in [0.15, 0.2) is 0 Å². The van der Waals surface area contributed by atoms with Crippen molar-refractivity contribution in [3.63, 3.8) is 0 Å². The molecule has 1 aliphatic heterocycles. The Morgan fingerprint density at radius 3 is 1.80 bits per heavy atom. The van der Waals surface area contributed by atoms with Crippen LogP contribution in [0.1, 0.15) is 84.1 Å². The fraction of sp³-hybridized carbons (Fsp3) is 0.654. The van der Waals surface area contributed by atoms with Crippen molar-refractivity contribution in [3.8, 4) is 22.5 Å². The fourth-order valence-corrected chi connectivity index (χ4v) is 9.17. The molecule has 0 radical (unpaired) electrons. The molecule has 2 aromatic carbocycles. The number of Topliss-reactive ketones (excluding diaryl/α,β-unsaturated/α-hetero) is 1. The molecular formula is C52H81N6O15PS. The van der Waals surface area contributed by atoms with Crippen LogP contribution < -0.4 is 15.5 Å². The monoisotopic (exact) mass is 1090 g/mol. The van der Waals surface area contributed by atoms with Crippen molar-refractivity contribution >= 4 is 47.7 Å². The second-order valence-corrected chi connectivity index (χ2v) is 20.3. The van der Waals surface area contributed by atoms with Crippen molar-refractivity contribution in [3.05, 3.63) is 54.1 Å². The molecule has 1 aliphatic rings. The quantitative estimate of drug-likeness (QED) is 0.0463. The molecule has 1 atom stereocenters. The normalized spacial score (nSPS) is 12.9. The number of rotatable bonds is 44. The smallest absolute Gasteiger partial charge is 0.324 e. The minimum atomic E-state index is -3.16. The molecule has 0 spiro atoms. The number of nitrogens with one attached hydrogen (secondary N) is 2. The molecule has 3 aromatic rings. The Bertz CT molecular complexity index is 2150. The maximum absolute atomic E-state index is 13.9. The zero-order valence-electron chi connectivity index (χ0n) is 44.2. The van der Waals surface area contributed by atoms with Crippen LogP contribution in [0, 0.1) is 0 Å². The van der Waals surface area contributed by atoms with Gasteiger partial charge in [0, 0.05) is 56.3 Å². The summed E-state index contributed by atoms with van der Waals surface area (Å²) in [7, 11) is 0. The number of aromatic nitrogens is 3. The predicted octanol–water partition coefficient (Wildman–Crippen LogP) is 5.58. The average Bonchev–Trinajstić information content (AvgIpc) is 3.81. The lowest BCUT2D eigenvalue weighted by molar-refractivity contribution is -0.125. The highest BCUT2D eigenvalue weighted by atomic mass is 32.5. The highest BCUT2D eigenvalue weighted by molar-refractivity contribution is 8.07. The Kier molecular flexibility index (Phi) is 32.5. The number of carbonyl (C=O) groups is 4. The summed E-state index contributed by atoms with van der Waals surface area (Å²) in [5.74, 6) is -0.305. The number of anilines is 1. The SMILES string of the molecule is CCC(=O)CCOCCOCCOCCOCCNC(=O)CCC(=O)N1Cc2ccccc2-c2c(nnn2CCOCCOCCOCCOCCC(=O)NCCCCCCOP(O)(=S)OC(C)C)-c2ccccc21. The van der Waals surface area contributed by atoms with Gasteiger partial charge >= 0.3 is 6.72 Å². The number of unbranched alkanes of at least 4 members (excludes halogenated alkanes) is 3. The summed E-state index contributed by atoms with van der Waals surface area (Å²) >= 11 is 4.96. The van der Waals surface area contributed by atoms with Crippen LogP contribution in [0.15, 0.2) is 48.5 Å². The molecule has 75 heavy (non-hydrogen) atoms. The summed E-state index contributed by atoms with van der Waals surface area (Å²) in [6.07, 6.45) is 4.52. The highest BCUT2D eigenvalue weighted by Gasteiger charge is 2.29. The van der Waals surface area contributed by atoms with Gasteiger partial charge in [0.05, 0.1) is 143 Å². The van der Waals surface area contributed by atoms with Crippen LogP contribution in [-0.4, -0.2) is 175 Å². The predicted molar refractivity (Wildman–Crippen MR) is 286 cm³/mol. The standard InChI is InChI=1S/C52H81N6O15PS/c1-4-44(59)19-25-64-29-33-68-37-39-70-35-31-66-27-22-54-48(60)17-18-50(62)57-41-43-13-7-8-14-45(43)52-51(46-15-9-10-16-47(46)57)55-56-58(52)23-28-67-32-36-71-40-38-69-34-30-65-26-20-49(61)53-21-11-5-6-12-24-72-74(63,75)73-42(2)3/h7-10,13-16,42H,4-6,11-12,17-41H2,1-3H3,(H,53,61)(H,54,60)(H,63,75). The molecule has 23 heteroatoms. The van der Waals surface area contributed by atoms with Crippen molar-refractivity contribution in [2.24, 2.45) is 0 Å². The third-order valence-corrected chi connectivity index (χ3v) is 13.1. The minimum absolute atomic E-state index is 0.0124. The first-order chi connectivity index (χ1) is 36.5. The van der Waals surface area contributed by atoms with E-state index in [4.69, 9.17) is 58.7 Å². The molecule has 0 saturated heterocycles. The number of amides is 3. The molecule has 0 bridgehead atoms. The molecule has 3 N–H and O–H groups in total. The number of para-hydroxylation sites is 1. The van der Waals surface area contributed by atoms with Gasteiger partial charge in [0.1, 0.15) is 11.5 Å². The average molecular weight is 1090 g/mol. The lowest BCUT2D eigenvalue weighted by Crippen LogP contribution is -2.34. The number of carbonyl (C=O) groups excluding carboxylic acids is 4. The first-order valence-corrected chi connectivity index (χ1v) is 28.8. The van der Waals surface area contributed by atoms with Crippen molar-refractivity contribution in [2.45, 2.75) is 97.8 Å². The van der Waals surface area contributed by atoms with E-state index in [2.05, 4.69) is 20.9 Å². The Balaban J connectivity index is 1.05. The van der Waals surface area contributed by atoms with E-state index in [1.54, 1.807) is 18.7 Å². The lowest BCUT2D eigenvalue weighted by atomic mass is 9.95. The Labute approximate surface area is 447 Å². The van der Waals surface area contributed by atoms with Crippen LogP contribution in [0.4, 0.5) is 5.69 Å². The van der Waals surface area contributed by atoms with Crippen molar-refractivity contribution in [2.75, 3.05) is 130 Å². The third-order valence-electron chi connectivity index (χ3n) is 11.3. The van der Waals surface area contributed by atoms with Crippen molar-refractivity contribution in [1.29, 1.82) is 0 Å². The van der Waals surface area contributed by atoms with Crippen LogP contribution in [0.25, 0.3) is 22.5 Å². The van der Waals surface area contributed by atoms with E-state index >= 15 is 0 Å². The lowest BCUT2D eigenvalue weighted by Gasteiger charge is -2.28. The van der Waals surface area contributed by atoms with Gasteiger partial charge in [-0.1, -0.05) is 67.4 Å². The van der Waals surface area contributed by atoms with Gasteiger partial charge in [0.2, 0.25) is 17.7 Å². The number of ketones is 1. The summed E-state index contributed by atoms with van der Waals surface area (Å²) in [5.41, 5.74) is 4.74. The third kappa shape index (κ3) is 26.7. The first kappa shape index (κ1) is 63.4. The second-order valence-electron chi connectivity index (χ2n) is 17.5. The molecule has 4 rings (SSSR count). The Morgan fingerprint density at radius 2 is 1.16 bits per heavy atom. The van der Waals surface area contributed by atoms with Crippen molar-refractivity contribution in [1.82, 2.24) is 25.6 Å². The number of ether oxygens (including phenoxy) is 8. The van der Waals surface area contributed by atoms with E-state index in [0.717, 1.165) is 48.1 Å².